The molecule has 0 aliphatic carbocycles. The highest BCUT2D eigenvalue weighted by molar-refractivity contribution is 5.57. The summed E-state index contributed by atoms with van der Waals surface area (Å²) in [4.78, 5) is 0. The Balaban J connectivity index is 2.12. The molecule has 1 atom stereocenters. The van der Waals surface area contributed by atoms with Crippen LogP contribution in [0.15, 0.2) is 30.5 Å². The van der Waals surface area contributed by atoms with Crippen molar-refractivity contribution < 1.29 is 4.39 Å². The molecule has 0 saturated heterocycles. The Morgan fingerprint density at radius 3 is 3.06 bits per heavy atom. The van der Waals surface area contributed by atoms with Gasteiger partial charge in [0.2, 0.25) is 0 Å². The van der Waals surface area contributed by atoms with E-state index in [4.69, 9.17) is 0 Å². The van der Waals surface area contributed by atoms with Crippen LogP contribution in [0.1, 0.15) is 23.6 Å². The van der Waals surface area contributed by atoms with Crippen LogP contribution >= 0.6 is 0 Å². The lowest BCUT2D eigenvalue weighted by Crippen LogP contribution is -2.20. The SMILES string of the molecule is Cn1nccc1C1CCNc2c(F)cccc21. The maximum absolute atomic E-state index is 13.7. The molecule has 1 aliphatic heterocycles. The number of para-hydroxylation sites is 1. The number of aromatic nitrogens is 2. The van der Waals surface area contributed by atoms with Gasteiger partial charge in [0, 0.05) is 31.4 Å². The molecule has 1 N–H and O–H groups in total. The fourth-order valence-electron chi connectivity index (χ4n) is 2.55. The zero-order valence-electron chi connectivity index (χ0n) is 9.65. The average molecular weight is 231 g/mol. The molecule has 1 unspecified atom stereocenters. The third-order valence-corrected chi connectivity index (χ3v) is 3.37. The molecule has 17 heavy (non-hydrogen) atoms. The molecule has 0 amide bonds. The Kier molecular flexibility index (Phi) is 2.35. The fraction of sp³-hybridized carbons (Fsp3) is 0.308. The number of rotatable bonds is 1. The van der Waals surface area contributed by atoms with Crippen molar-refractivity contribution in [1.82, 2.24) is 9.78 Å². The van der Waals surface area contributed by atoms with Crippen molar-refractivity contribution in [2.24, 2.45) is 7.05 Å². The fourth-order valence-corrected chi connectivity index (χ4v) is 2.55. The summed E-state index contributed by atoms with van der Waals surface area (Å²) < 4.78 is 15.6. The van der Waals surface area contributed by atoms with E-state index in [-0.39, 0.29) is 11.7 Å². The number of fused-ring (bicyclic) bond motifs is 1. The van der Waals surface area contributed by atoms with Crippen molar-refractivity contribution in [3.05, 3.63) is 47.5 Å². The quantitative estimate of drug-likeness (QED) is 0.817. The van der Waals surface area contributed by atoms with Crippen LogP contribution < -0.4 is 5.32 Å². The molecule has 2 heterocycles. The second-order valence-electron chi connectivity index (χ2n) is 4.35. The van der Waals surface area contributed by atoms with Crippen LogP contribution in [-0.2, 0) is 7.05 Å². The van der Waals surface area contributed by atoms with Gasteiger partial charge in [0.15, 0.2) is 0 Å². The van der Waals surface area contributed by atoms with E-state index in [2.05, 4.69) is 10.4 Å². The van der Waals surface area contributed by atoms with Gasteiger partial charge in [0.25, 0.3) is 0 Å². The molecule has 4 heteroatoms. The summed E-state index contributed by atoms with van der Waals surface area (Å²) in [5, 5.41) is 7.33. The lowest BCUT2D eigenvalue weighted by molar-refractivity contribution is 0.596. The Labute approximate surface area is 99.3 Å². The molecule has 0 fully saturated rings. The van der Waals surface area contributed by atoms with E-state index in [9.17, 15) is 4.39 Å². The van der Waals surface area contributed by atoms with Crippen LogP contribution in [0.4, 0.5) is 10.1 Å². The largest absolute Gasteiger partial charge is 0.382 e. The maximum Gasteiger partial charge on any atom is 0.146 e. The lowest BCUT2D eigenvalue weighted by Gasteiger charge is -2.27. The number of hydrogen-bond donors (Lipinski definition) is 1. The molecule has 2 aromatic rings. The Morgan fingerprint density at radius 2 is 2.29 bits per heavy atom. The first kappa shape index (κ1) is 10.3. The molecule has 3 nitrogen and oxygen atoms in total. The van der Waals surface area contributed by atoms with E-state index in [0.717, 1.165) is 24.2 Å². The van der Waals surface area contributed by atoms with E-state index in [1.807, 2.05) is 23.9 Å². The van der Waals surface area contributed by atoms with E-state index in [0.29, 0.717) is 5.69 Å². The van der Waals surface area contributed by atoms with Crippen molar-refractivity contribution in [1.29, 1.82) is 0 Å². The first-order valence-electron chi connectivity index (χ1n) is 5.77. The van der Waals surface area contributed by atoms with Gasteiger partial charge in [0.1, 0.15) is 5.82 Å². The second-order valence-corrected chi connectivity index (χ2v) is 4.35. The third-order valence-electron chi connectivity index (χ3n) is 3.37. The summed E-state index contributed by atoms with van der Waals surface area (Å²) in [5.74, 6) is 0.0591. The molecular formula is C13H14FN3. The highest BCUT2D eigenvalue weighted by atomic mass is 19.1. The minimum absolute atomic E-state index is 0.172. The Bertz CT molecular complexity index is 547. The van der Waals surface area contributed by atoms with Crippen molar-refractivity contribution in [2.45, 2.75) is 12.3 Å². The summed E-state index contributed by atoms with van der Waals surface area (Å²) in [6.07, 6.45) is 2.76. The number of halogens is 1. The summed E-state index contributed by atoms with van der Waals surface area (Å²) in [7, 11) is 1.93. The first-order valence-corrected chi connectivity index (χ1v) is 5.77. The highest BCUT2D eigenvalue weighted by Crippen LogP contribution is 2.37. The molecule has 88 valence electrons. The second kappa shape index (κ2) is 3.87. The van der Waals surface area contributed by atoms with Gasteiger partial charge >= 0.3 is 0 Å². The van der Waals surface area contributed by atoms with Gasteiger partial charge in [-0.05, 0) is 24.1 Å². The van der Waals surface area contributed by atoms with Crippen LogP contribution in [0.2, 0.25) is 0 Å². The van der Waals surface area contributed by atoms with Crippen molar-refractivity contribution in [3.8, 4) is 0 Å². The average Bonchev–Trinajstić information content (AvgIpc) is 2.75. The molecule has 0 radical (unpaired) electrons. The maximum atomic E-state index is 13.7. The minimum Gasteiger partial charge on any atom is -0.382 e. The van der Waals surface area contributed by atoms with E-state index in [1.54, 1.807) is 12.3 Å². The van der Waals surface area contributed by atoms with Gasteiger partial charge in [-0.3, -0.25) is 4.68 Å². The summed E-state index contributed by atoms with van der Waals surface area (Å²) >= 11 is 0. The molecule has 1 aromatic heterocycles. The zero-order valence-corrected chi connectivity index (χ0v) is 9.65. The number of anilines is 1. The molecule has 0 spiro atoms. The molecular weight excluding hydrogens is 217 g/mol. The molecule has 1 aliphatic rings. The van der Waals surface area contributed by atoms with Gasteiger partial charge in [-0.2, -0.15) is 5.10 Å². The Morgan fingerprint density at radius 1 is 1.41 bits per heavy atom. The standard InChI is InChI=1S/C13H14FN3/c1-17-12(6-8-16-17)9-5-7-15-13-10(9)3-2-4-11(13)14/h2-4,6,8-9,15H,5,7H2,1H3. The number of hydrogen-bond acceptors (Lipinski definition) is 2. The number of benzene rings is 1. The summed E-state index contributed by atoms with van der Waals surface area (Å²) in [5.41, 5.74) is 2.81. The van der Waals surface area contributed by atoms with Crippen LogP contribution in [0.25, 0.3) is 0 Å². The predicted octanol–water partition coefficient (Wildman–Crippen LogP) is 2.51. The topological polar surface area (TPSA) is 29.9 Å². The van der Waals surface area contributed by atoms with Gasteiger partial charge < -0.3 is 5.32 Å². The van der Waals surface area contributed by atoms with Crippen molar-refractivity contribution in [2.75, 3.05) is 11.9 Å². The lowest BCUT2D eigenvalue weighted by atomic mass is 9.88. The van der Waals surface area contributed by atoms with Crippen molar-refractivity contribution in [3.63, 3.8) is 0 Å². The predicted molar refractivity (Wildman–Crippen MR) is 64.6 cm³/mol. The normalized spacial score (nSPS) is 18.6. The van der Waals surface area contributed by atoms with Crippen LogP contribution in [0.3, 0.4) is 0 Å². The first-order chi connectivity index (χ1) is 8.27. The van der Waals surface area contributed by atoms with Crippen molar-refractivity contribution >= 4 is 5.69 Å². The van der Waals surface area contributed by atoms with Crippen LogP contribution in [0.5, 0.6) is 0 Å². The van der Waals surface area contributed by atoms with E-state index in [1.165, 1.54) is 6.07 Å². The molecule has 0 saturated carbocycles. The number of nitrogens with one attached hydrogen (secondary N) is 1. The smallest absolute Gasteiger partial charge is 0.146 e. The highest BCUT2D eigenvalue weighted by Gasteiger charge is 2.25. The summed E-state index contributed by atoms with van der Waals surface area (Å²) in [6.45, 7) is 0.795. The van der Waals surface area contributed by atoms with Gasteiger partial charge in [-0.25, -0.2) is 4.39 Å². The van der Waals surface area contributed by atoms with E-state index >= 15 is 0 Å². The Hall–Kier alpha value is -1.84. The monoisotopic (exact) mass is 231 g/mol. The molecule has 0 bridgehead atoms. The summed E-state index contributed by atoms with van der Waals surface area (Å²) in [6, 6.07) is 7.26. The van der Waals surface area contributed by atoms with E-state index < -0.39 is 0 Å². The third kappa shape index (κ3) is 1.60. The van der Waals surface area contributed by atoms with Crippen LogP contribution in [0, 0.1) is 5.82 Å². The minimum atomic E-state index is -0.172. The molecule has 1 aromatic carbocycles. The zero-order chi connectivity index (χ0) is 11.8. The van der Waals surface area contributed by atoms with Gasteiger partial charge in [0.05, 0.1) is 5.69 Å². The number of aryl methyl sites for hydroxylation is 1. The van der Waals surface area contributed by atoms with Gasteiger partial charge in [-0.1, -0.05) is 12.1 Å². The number of nitrogens with zero attached hydrogens (tertiary/aromatic N) is 2. The van der Waals surface area contributed by atoms with Gasteiger partial charge in [-0.15, -0.1) is 0 Å². The molecule has 3 rings (SSSR count). The van der Waals surface area contributed by atoms with Crippen LogP contribution in [-0.4, -0.2) is 16.3 Å².